The number of hydrogen-bond donors (Lipinski definition) is 0. The first-order chi connectivity index (χ1) is 19.8. The maximum absolute atomic E-state index is 14.8. The summed E-state index contributed by atoms with van der Waals surface area (Å²) in [5.74, 6) is -2.36. The number of benzene rings is 4. The lowest BCUT2D eigenvalue weighted by Gasteiger charge is -2.34. The van der Waals surface area contributed by atoms with E-state index in [1.807, 2.05) is 6.92 Å². The van der Waals surface area contributed by atoms with Gasteiger partial charge in [-0.1, -0.05) is 60.2 Å². The van der Waals surface area contributed by atoms with Gasteiger partial charge in [0.25, 0.3) is 11.8 Å². The molecule has 0 radical (unpaired) electrons. The van der Waals surface area contributed by atoms with Crippen LogP contribution in [-0.2, 0) is 23.4 Å². The largest absolute Gasteiger partial charge is 0.450 e. The molecule has 7 rings (SSSR count). The second-order valence-electron chi connectivity index (χ2n) is 10.4. The Balaban J connectivity index is 1.52. The molecular weight excluding hydrogens is 526 g/mol. The van der Waals surface area contributed by atoms with Crippen LogP contribution < -0.4 is 10.3 Å². The molecule has 1 aromatic heterocycles. The van der Waals surface area contributed by atoms with Crippen molar-refractivity contribution in [2.24, 2.45) is 0 Å². The van der Waals surface area contributed by atoms with E-state index in [0.29, 0.717) is 16.8 Å². The SMILES string of the molecule is Cc1ccc2oc3c(c(=O)c2c1)[C@@]1(C(=O)N(Cc2ccccc2F)c2ccccc21)N(Cc1ccc(F)cc1)C3=O. The number of aryl methyl sites for hydroxylation is 1. The summed E-state index contributed by atoms with van der Waals surface area (Å²) in [6.45, 7) is 1.61. The minimum absolute atomic E-state index is 0.0730. The van der Waals surface area contributed by atoms with Crippen molar-refractivity contribution < 1.29 is 22.8 Å². The summed E-state index contributed by atoms with van der Waals surface area (Å²) < 4.78 is 34.6. The van der Waals surface area contributed by atoms with E-state index in [1.54, 1.807) is 60.7 Å². The van der Waals surface area contributed by atoms with Crippen LogP contribution in [0.1, 0.15) is 38.4 Å². The highest BCUT2D eigenvalue weighted by Gasteiger charge is 2.65. The Hall–Kier alpha value is -5.11. The number of fused-ring (bicyclic) bond motifs is 5. The van der Waals surface area contributed by atoms with Crippen LogP contribution in [0.5, 0.6) is 0 Å². The smallest absolute Gasteiger partial charge is 0.291 e. The normalized spacial score (nSPS) is 17.5. The van der Waals surface area contributed by atoms with Crippen LogP contribution >= 0.6 is 0 Å². The minimum atomic E-state index is -1.87. The Morgan fingerprint density at radius 1 is 0.829 bits per heavy atom. The average molecular weight is 549 g/mol. The maximum Gasteiger partial charge on any atom is 0.291 e. The van der Waals surface area contributed by atoms with E-state index < -0.39 is 34.4 Å². The Morgan fingerprint density at radius 2 is 1.56 bits per heavy atom. The highest BCUT2D eigenvalue weighted by atomic mass is 19.1. The van der Waals surface area contributed by atoms with E-state index in [4.69, 9.17) is 4.42 Å². The van der Waals surface area contributed by atoms with Crippen molar-refractivity contribution in [1.82, 2.24) is 4.90 Å². The summed E-state index contributed by atoms with van der Waals surface area (Å²) in [6.07, 6.45) is 0. The Morgan fingerprint density at radius 3 is 2.34 bits per heavy atom. The zero-order chi connectivity index (χ0) is 28.5. The molecular formula is C33H22F2N2O4. The molecule has 2 amide bonds. The number of carbonyl (C=O) groups excluding carboxylic acids is 2. The number of halogens is 2. The average Bonchev–Trinajstić information content (AvgIpc) is 3.36. The molecule has 3 heterocycles. The summed E-state index contributed by atoms with van der Waals surface area (Å²) >= 11 is 0. The molecule has 0 unspecified atom stereocenters. The van der Waals surface area contributed by atoms with Gasteiger partial charge in [0.05, 0.1) is 23.2 Å². The summed E-state index contributed by atoms with van der Waals surface area (Å²) in [5, 5.41) is 0.248. The minimum Gasteiger partial charge on any atom is -0.450 e. The predicted octanol–water partition coefficient (Wildman–Crippen LogP) is 5.83. The van der Waals surface area contributed by atoms with Gasteiger partial charge in [-0.25, -0.2) is 8.78 Å². The van der Waals surface area contributed by atoms with Crippen molar-refractivity contribution >= 4 is 28.5 Å². The van der Waals surface area contributed by atoms with E-state index in [1.165, 1.54) is 40.1 Å². The molecule has 41 heavy (non-hydrogen) atoms. The fourth-order valence-corrected chi connectivity index (χ4v) is 6.05. The zero-order valence-electron chi connectivity index (χ0n) is 21.9. The topological polar surface area (TPSA) is 70.8 Å². The van der Waals surface area contributed by atoms with Gasteiger partial charge in [-0.3, -0.25) is 14.4 Å². The van der Waals surface area contributed by atoms with Crippen LogP contribution in [0.15, 0.2) is 100 Å². The number of hydrogen-bond acceptors (Lipinski definition) is 4. The molecule has 1 atom stereocenters. The molecule has 0 saturated heterocycles. The first-order valence-corrected chi connectivity index (χ1v) is 13.1. The molecule has 0 aliphatic carbocycles. The molecule has 202 valence electrons. The van der Waals surface area contributed by atoms with Crippen molar-refractivity contribution in [2.75, 3.05) is 4.90 Å². The van der Waals surface area contributed by atoms with Crippen LogP contribution in [0.25, 0.3) is 11.0 Å². The number of rotatable bonds is 4. The molecule has 4 aromatic carbocycles. The lowest BCUT2D eigenvalue weighted by Crippen LogP contribution is -2.53. The molecule has 0 bridgehead atoms. The van der Waals surface area contributed by atoms with Crippen molar-refractivity contribution in [3.05, 3.63) is 146 Å². The quantitative estimate of drug-likeness (QED) is 0.284. The second-order valence-corrected chi connectivity index (χ2v) is 10.4. The Kier molecular flexibility index (Phi) is 5.44. The molecule has 1 spiro atoms. The van der Waals surface area contributed by atoms with Crippen LogP contribution in [0.2, 0.25) is 0 Å². The van der Waals surface area contributed by atoms with Crippen molar-refractivity contribution in [2.45, 2.75) is 25.6 Å². The number of amides is 2. The van der Waals surface area contributed by atoms with E-state index in [2.05, 4.69) is 0 Å². The molecule has 6 nitrogen and oxygen atoms in total. The number of anilines is 1. The second kappa shape index (κ2) is 8.96. The fraction of sp³-hybridized carbons (Fsp3) is 0.121. The molecule has 8 heteroatoms. The van der Waals surface area contributed by atoms with Crippen LogP contribution in [-0.4, -0.2) is 16.7 Å². The summed E-state index contributed by atoms with van der Waals surface area (Å²) in [4.78, 5) is 46.0. The Labute approximate surface area is 233 Å². The van der Waals surface area contributed by atoms with Gasteiger partial charge in [0.2, 0.25) is 5.76 Å². The molecule has 0 fully saturated rings. The molecule has 5 aromatic rings. The third-order valence-electron chi connectivity index (χ3n) is 7.93. The van der Waals surface area contributed by atoms with Crippen molar-refractivity contribution in [1.29, 1.82) is 0 Å². The van der Waals surface area contributed by atoms with Crippen LogP contribution in [0.4, 0.5) is 14.5 Å². The van der Waals surface area contributed by atoms with Gasteiger partial charge in [-0.05, 0) is 48.9 Å². The fourth-order valence-electron chi connectivity index (χ4n) is 6.05. The van der Waals surface area contributed by atoms with E-state index in [-0.39, 0.29) is 40.9 Å². The zero-order valence-corrected chi connectivity index (χ0v) is 21.9. The molecule has 0 saturated carbocycles. The van der Waals surface area contributed by atoms with Gasteiger partial charge in [0, 0.05) is 17.7 Å². The standard InChI is InChI=1S/C33H22F2N2O4/c1-19-10-15-27-23(16-19)29(38)28-30(41-27)31(39)37(17-20-11-13-22(34)14-12-20)33(28)24-7-3-5-9-26(24)36(32(33)40)18-21-6-2-4-8-25(21)35/h2-16H,17-18H2,1H3/t33-/m0/s1. The number of nitrogens with zero attached hydrogens (tertiary/aromatic N) is 2. The first-order valence-electron chi connectivity index (χ1n) is 13.1. The van der Waals surface area contributed by atoms with E-state index in [0.717, 1.165) is 5.56 Å². The van der Waals surface area contributed by atoms with Gasteiger partial charge in [0.15, 0.2) is 11.0 Å². The molecule has 2 aliphatic rings. The predicted molar refractivity (Wildman–Crippen MR) is 148 cm³/mol. The van der Waals surface area contributed by atoms with Gasteiger partial charge in [-0.2, -0.15) is 0 Å². The third kappa shape index (κ3) is 3.50. The summed E-state index contributed by atoms with van der Waals surface area (Å²) in [6, 6.07) is 23.7. The monoisotopic (exact) mass is 548 g/mol. The van der Waals surface area contributed by atoms with Crippen LogP contribution in [0, 0.1) is 18.6 Å². The number of carbonyl (C=O) groups is 2. The van der Waals surface area contributed by atoms with E-state index >= 15 is 0 Å². The molecule has 0 N–H and O–H groups in total. The highest BCUT2D eigenvalue weighted by molar-refractivity contribution is 6.17. The summed E-state index contributed by atoms with van der Waals surface area (Å²) in [7, 11) is 0. The van der Waals surface area contributed by atoms with Crippen molar-refractivity contribution in [3.8, 4) is 0 Å². The van der Waals surface area contributed by atoms with Crippen molar-refractivity contribution in [3.63, 3.8) is 0 Å². The van der Waals surface area contributed by atoms with E-state index in [9.17, 15) is 23.2 Å². The van der Waals surface area contributed by atoms with Crippen LogP contribution in [0.3, 0.4) is 0 Å². The summed E-state index contributed by atoms with van der Waals surface area (Å²) in [5.41, 5.74) is 0.303. The van der Waals surface area contributed by atoms with Gasteiger partial charge < -0.3 is 14.2 Å². The number of para-hydroxylation sites is 1. The van der Waals surface area contributed by atoms with Gasteiger partial charge in [-0.15, -0.1) is 0 Å². The molecule has 2 aliphatic heterocycles. The lowest BCUT2D eigenvalue weighted by molar-refractivity contribution is -0.126. The first kappa shape index (κ1) is 24.9. The van der Waals surface area contributed by atoms with Gasteiger partial charge in [0.1, 0.15) is 17.2 Å². The lowest BCUT2D eigenvalue weighted by atomic mass is 9.83. The highest BCUT2D eigenvalue weighted by Crippen LogP contribution is 2.53. The van der Waals surface area contributed by atoms with Gasteiger partial charge >= 0.3 is 0 Å². The Bertz CT molecular complexity index is 1970. The third-order valence-corrected chi connectivity index (χ3v) is 7.93. The maximum atomic E-state index is 14.8.